The highest BCUT2D eigenvalue weighted by Crippen LogP contribution is 2.27. The molecular weight excluding hydrogens is 973 g/mol. The summed E-state index contributed by atoms with van der Waals surface area (Å²) in [7, 11) is 0. The minimum absolute atomic E-state index is 0.0570. The molecule has 1 fully saturated rings. The summed E-state index contributed by atoms with van der Waals surface area (Å²) >= 11 is 0. The van der Waals surface area contributed by atoms with Crippen LogP contribution in [0.15, 0.2) is 36.5 Å². The number of unbranched alkanes of at least 4 members (excludes halogenated alkanes) is 35. The minimum atomic E-state index is -1.90. The molecular formula is C65H116O12. The Morgan fingerprint density at radius 3 is 1.12 bits per heavy atom. The first-order valence-electron chi connectivity index (χ1n) is 32.0. The number of esters is 3. The van der Waals surface area contributed by atoms with E-state index in [1.54, 1.807) is 0 Å². The van der Waals surface area contributed by atoms with Crippen LogP contribution >= 0.6 is 0 Å². The zero-order valence-electron chi connectivity index (χ0n) is 49.5. The van der Waals surface area contributed by atoms with Crippen LogP contribution in [0.2, 0.25) is 0 Å². The van der Waals surface area contributed by atoms with Crippen molar-refractivity contribution < 1.29 is 58.2 Å². The molecule has 1 aliphatic rings. The number of hydrogen-bond acceptors (Lipinski definition) is 11. The van der Waals surface area contributed by atoms with Crippen LogP contribution in [0.3, 0.4) is 0 Å². The number of aliphatic carboxylic acids is 1. The van der Waals surface area contributed by atoms with Gasteiger partial charge in [-0.05, 0) is 96.3 Å². The summed E-state index contributed by atoms with van der Waals surface area (Å²) in [6.07, 6.45) is 51.0. The van der Waals surface area contributed by atoms with Crippen molar-refractivity contribution in [1.82, 2.24) is 0 Å². The summed E-state index contributed by atoms with van der Waals surface area (Å²) in [6.45, 7) is 5.99. The molecule has 6 atom stereocenters. The fourth-order valence-corrected chi connectivity index (χ4v) is 9.71. The van der Waals surface area contributed by atoms with Gasteiger partial charge in [-0.1, -0.05) is 224 Å². The monoisotopic (exact) mass is 1090 g/mol. The second-order valence-electron chi connectivity index (χ2n) is 22.0. The van der Waals surface area contributed by atoms with Crippen LogP contribution in [-0.2, 0) is 42.9 Å². The Bertz CT molecular complexity index is 1480. The number of ether oxygens (including phenoxy) is 5. The number of aliphatic hydroxyl groups excluding tert-OH is 2. The highest BCUT2D eigenvalue weighted by atomic mass is 16.7. The van der Waals surface area contributed by atoms with E-state index in [9.17, 15) is 34.5 Å². The third kappa shape index (κ3) is 43.4. The maximum absolute atomic E-state index is 13.2. The van der Waals surface area contributed by atoms with Gasteiger partial charge >= 0.3 is 23.9 Å². The van der Waals surface area contributed by atoms with Gasteiger partial charge in [-0.3, -0.25) is 14.4 Å². The number of carboxylic acid groups (broad SMARTS) is 1. The first-order chi connectivity index (χ1) is 37.6. The molecule has 0 aromatic heterocycles. The van der Waals surface area contributed by atoms with Gasteiger partial charge in [0.2, 0.25) is 0 Å². The predicted molar refractivity (Wildman–Crippen MR) is 313 cm³/mol. The van der Waals surface area contributed by atoms with Crippen molar-refractivity contribution in [2.45, 2.75) is 340 Å². The van der Waals surface area contributed by atoms with E-state index in [2.05, 4.69) is 57.2 Å². The van der Waals surface area contributed by atoms with E-state index >= 15 is 0 Å². The van der Waals surface area contributed by atoms with Crippen LogP contribution in [0.4, 0.5) is 0 Å². The SMILES string of the molecule is CCCCCC/C=C\CCCCCCCC(=O)OC(COC(=O)CCCCCCCCC/C=C\CCCCCCCC)COC1OC(C(=O)O)C(O)C(O)C1OC(=O)CCCCCCCCC/C=C\CCCCCCCC. The van der Waals surface area contributed by atoms with Gasteiger partial charge < -0.3 is 39.0 Å². The Kier molecular flexibility index (Phi) is 50.1. The van der Waals surface area contributed by atoms with Crippen molar-refractivity contribution in [3.05, 3.63) is 36.5 Å². The average Bonchev–Trinajstić information content (AvgIpc) is 3.42. The lowest BCUT2D eigenvalue weighted by molar-refractivity contribution is -0.301. The Labute approximate surface area is 470 Å². The first-order valence-corrected chi connectivity index (χ1v) is 32.0. The molecule has 0 radical (unpaired) electrons. The van der Waals surface area contributed by atoms with E-state index in [0.717, 1.165) is 96.3 Å². The Morgan fingerprint density at radius 1 is 0.416 bits per heavy atom. The molecule has 77 heavy (non-hydrogen) atoms. The smallest absolute Gasteiger partial charge is 0.335 e. The normalized spacial score (nSPS) is 18.2. The van der Waals surface area contributed by atoms with E-state index in [1.165, 1.54) is 148 Å². The van der Waals surface area contributed by atoms with Gasteiger partial charge in [0.25, 0.3) is 0 Å². The maximum atomic E-state index is 13.2. The van der Waals surface area contributed by atoms with Gasteiger partial charge in [-0.25, -0.2) is 4.79 Å². The molecule has 12 nitrogen and oxygen atoms in total. The zero-order valence-corrected chi connectivity index (χ0v) is 49.5. The number of rotatable bonds is 55. The van der Waals surface area contributed by atoms with Crippen molar-refractivity contribution in [3.8, 4) is 0 Å². The summed E-state index contributed by atoms with van der Waals surface area (Å²) in [4.78, 5) is 51.2. The molecule has 1 saturated heterocycles. The molecule has 0 spiro atoms. The van der Waals surface area contributed by atoms with Gasteiger partial charge in [-0.2, -0.15) is 0 Å². The molecule has 0 aromatic rings. The second-order valence-corrected chi connectivity index (χ2v) is 22.0. The second kappa shape index (κ2) is 53.6. The molecule has 448 valence electrons. The third-order valence-corrected chi connectivity index (χ3v) is 14.7. The highest BCUT2D eigenvalue weighted by Gasteiger charge is 2.50. The van der Waals surface area contributed by atoms with E-state index in [-0.39, 0.29) is 25.9 Å². The van der Waals surface area contributed by atoms with Crippen LogP contribution in [0.25, 0.3) is 0 Å². The number of carbonyl (C=O) groups is 4. The number of allylic oxidation sites excluding steroid dienone is 6. The topological polar surface area (TPSA) is 175 Å². The third-order valence-electron chi connectivity index (χ3n) is 14.7. The van der Waals surface area contributed by atoms with Crippen LogP contribution in [0.5, 0.6) is 0 Å². The van der Waals surface area contributed by atoms with Crippen molar-refractivity contribution >= 4 is 23.9 Å². The molecule has 6 unspecified atom stereocenters. The number of carbonyl (C=O) groups excluding carboxylic acids is 3. The molecule has 0 aromatic carbocycles. The van der Waals surface area contributed by atoms with Crippen LogP contribution in [0, 0.1) is 0 Å². The van der Waals surface area contributed by atoms with E-state index in [1.807, 2.05) is 0 Å². The van der Waals surface area contributed by atoms with E-state index in [0.29, 0.717) is 19.3 Å². The molecule has 0 aliphatic carbocycles. The Morgan fingerprint density at radius 2 is 0.740 bits per heavy atom. The number of aliphatic hydroxyl groups is 2. The largest absolute Gasteiger partial charge is 0.479 e. The molecule has 1 aliphatic heterocycles. The molecule has 0 amide bonds. The maximum Gasteiger partial charge on any atom is 0.335 e. The minimum Gasteiger partial charge on any atom is -0.479 e. The summed E-state index contributed by atoms with van der Waals surface area (Å²) in [6, 6.07) is 0. The van der Waals surface area contributed by atoms with Gasteiger partial charge in [0, 0.05) is 19.3 Å². The molecule has 1 rings (SSSR count). The van der Waals surface area contributed by atoms with Gasteiger partial charge in [-0.15, -0.1) is 0 Å². The number of carboxylic acids is 1. The molecule has 0 bridgehead atoms. The van der Waals surface area contributed by atoms with Crippen molar-refractivity contribution in [2.24, 2.45) is 0 Å². The average molecular weight is 1090 g/mol. The van der Waals surface area contributed by atoms with E-state index < -0.39 is 67.3 Å². The van der Waals surface area contributed by atoms with Crippen LogP contribution in [0.1, 0.15) is 303 Å². The van der Waals surface area contributed by atoms with Gasteiger partial charge in [0.1, 0.15) is 18.8 Å². The summed E-state index contributed by atoms with van der Waals surface area (Å²) in [5, 5.41) is 31.5. The highest BCUT2D eigenvalue weighted by molar-refractivity contribution is 5.74. The molecule has 0 saturated carbocycles. The summed E-state index contributed by atoms with van der Waals surface area (Å²) in [5.74, 6) is -3.12. The van der Waals surface area contributed by atoms with Crippen LogP contribution < -0.4 is 0 Å². The van der Waals surface area contributed by atoms with Crippen molar-refractivity contribution in [3.63, 3.8) is 0 Å². The van der Waals surface area contributed by atoms with Gasteiger partial charge in [0.15, 0.2) is 24.6 Å². The first kappa shape index (κ1) is 72.0. The lowest BCUT2D eigenvalue weighted by Crippen LogP contribution is -2.61. The van der Waals surface area contributed by atoms with Gasteiger partial charge in [0.05, 0.1) is 6.61 Å². The van der Waals surface area contributed by atoms with Crippen molar-refractivity contribution in [2.75, 3.05) is 13.2 Å². The van der Waals surface area contributed by atoms with Crippen LogP contribution in [-0.4, -0.2) is 89.2 Å². The summed E-state index contributed by atoms with van der Waals surface area (Å²) in [5.41, 5.74) is 0. The standard InChI is InChI=1S/C65H116O12/c1-4-7-10-13-16-19-22-25-27-29-31-34-36-39-42-45-48-51-57(66)73-54-56(75-58(67)52-49-46-43-40-37-33-24-21-18-15-12-9-6-3)55-74-65-63(61(70)60(69)62(77-65)64(71)72)76-59(68)53-50-47-44-41-38-35-32-30-28-26-23-20-17-14-11-8-5-2/h21,24-28,56,60-63,65,69-70H,4-20,22-23,29-55H2,1-3H3,(H,71,72)/b24-21-,27-25-,28-26-. The number of hydrogen-bond donors (Lipinski definition) is 3. The molecule has 12 heteroatoms. The fourth-order valence-electron chi connectivity index (χ4n) is 9.71. The lowest BCUT2D eigenvalue weighted by atomic mass is 9.98. The zero-order chi connectivity index (χ0) is 56.1. The quantitative estimate of drug-likeness (QED) is 0.0228. The Balaban J connectivity index is 2.65. The fraction of sp³-hybridized carbons (Fsp3) is 0.846. The summed E-state index contributed by atoms with van der Waals surface area (Å²) < 4.78 is 28.5. The lowest BCUT2D eigenvalue weighted by Gasteiger charge is -2.40. The van der Waals surface area contributed by atoms with E-state index in [4.69, 9.17) is 23.7 Å². The molecule has 3 N–H and O–H groups in total. The predicted octanol–water partition coefficient (Wildman–Crippen LogP) is 16.8. The Hall–Kier alpha value is -3.06. The molecule has 1 heterocycles. The van der Waals surface area contributed by atoms with Crippen molar-refractivity contribution in [1.29, 1.82) is 0 Å².